The van der Waals surface area contributed by atoms with E-state index in [1.165, 1.54) is 86.6 Å². The fourth-order valence-corrected chi connectivity index (χ4v) is 15.1. The van der Waals surface area contributed by atoms with Crippen LogP contribution in [-0.4, -0.2) is 17.2 Å². The molecule has 0 N–H and O–H groups in total. The second kappa shape index (κ2) is 15.2. The van der Waals surface area contributed by atoms with Gasteiger partial charge in [0.2, 0.25) is 0 Å². The van der Waals surface area contributed by atoms with Crippen LogP contribution >= 0.6 is 0 Å². The highest BCUT2D eigenvalue weighted by molar-refractivity contribution is 7.20. The molecule has 0 aliphatic carbocycles. The van der Waals surface area contributed by atoms with Crippen molar-refractivity contribution in [2.45, 2.75) is 0 Å². The minimum Gasteiger partial charge on any atom is -0.307 e. The lowest BCUT2D eigenvalue weighted by atomic mass is 9.99. The second-order valence-electron chi connectivity index (χ2n) is 16.5. The van der Waals surface area contributed by atoms with Crippen molar-refractivity contribution >= 4 is 72.4 Å². The predicted octanol–water partition coefficient (Wildman–Crippen LogP) is 12.6. The molecule has 0 aliphatic rings. The standard InChI is InChI=1S/C60H42N2Si/c1-5-20-43(21-6-1)44-22-17-23-45(40-44)46-24-18-25-47(41-46)61-56-35-15-13-32-52(56)54-34-19-37-59(60(54)61)62-57-36-16-14-33-53(57)55-42-51(38-39-58(55)62)63(48-26-7-2-8-27-48,49-28-9-3-10-29-49)50-30-11-4-12-31-50/h1-42H. The second-order valence-corrected chi connectivity index (χ2v) is 20.3. The molecule has 0 fully saturated rings. The zero-order chi connectivity index (χ0) is 41.7. The van der Waals surface area contributed by atoms with Crippen LogP contribution in [0.25, 0.3) is 77.2 Å². The van der Waals surface area contributed by atoms with Gasteiger partial charge in [-0.25, -0.2) is 0 Å². The van der Waals surface area contributed by atoms with Gasteiger partial charge in [0, 0.05) is 27.2 Å². The van der Waals surface area contributed by atoms with Gasteiger partial charge in [-0.3, -0.25) is 0 Å². The summed E-state index contributed by atoms with van der Waals surface area (Å²) in [7, 11) is -2.76. The van der Waals surface area contributed by atoms with Crippen LogP contribution in [0.5, 0.6) is 0 Å². The lowest BCUT2D eigenvalue weighted by Crippen LogP contribution is -2.74. The molecule has 2 heterocycles. The maximum atomic E-state index is 2.52. The average Bonchev–Trinajstić information content (AvgIpc) is 3.89. The number of benzene rings is 10. The Bertz CT molecular complexity index is 3510. The molecule has 0 aliphatic heterocycles. The van der Waals surface area contributed by atoms with Crippen LogP contribution < -0.4 is 20.7 Å². The smallest absolute Gasteiger partial charge is 0.179 e. The zero-order valence-electron chi connectivity index (χ0n) is 34.6. The summed E-state index contributed by atoms with van der Waals surface area (Å²) in [6.07, 6.45) is 0. The summed E-state index contributed by atoms with van der Waals surface area (Å²) in [6.45, 7) is 0. The molecule has 0 spiro atoms. The maximum Gasteiger partial charge on any atom is 0.179 e. The van der Waals surface area contributed by atoms with E-state index in [1.807, 2.05) is 0 Å². The fourth-order valence-electron chi connectivity index (χ4n) is 10.3. The van der Waals surface area contributed by atoms with Crippen molar-refractivity contribution in [2.24, 2.45) is 0 Å². The summed E-state index contributed by atoms with van der Waals surface area (Å²) in [5.74, 6) is 0. The van der Waals surface area contributed by atoms with Gasteiger partial charge < -0.3 is 9.13 Å². The predicted molar refractivity (Wildman–Crippen MR) is 270 cm³/mol. The van der Waals surface area contributed by atoms with Crippen LogP contribution in [0.1, 0.15) is 0 Å². The lowest BCUT2D eigenvalue weighted by Gasteiger charge is -2.34. The molecule has 0 radical (unpaired) electrons. The van der Waals surface area contributed by atoms with E-state index in [9.17, 15) is 0 Å². The van der Waals surface area contributed by atoms with E-state index in [0.29, 0.717) is 0 Å². The summed E-state index contributed by atoms with van der Waals surface area (Å²) in [6, 6.07) is 94.2. The van der Waals surface area contributed by atoms with E-state index < -0.39 is 8.07 Å². The highest BCUT2D eigenvalue weighted by Crippen LogP contribution is 2.40. The third kappa shape index (κ3) is 5.93. The number of para-hydroxylation sites is 3. The molecule has 10 aromatic carbocycles. The molecule has 3 heteroatoms. The van der Waals surface area contributed by atoms with Crippen LogP contribution in [-0.2, 0) is 0 Å². The number of rotatable bonds is 8. The average molecular weight is 819 g/mol. The number of nitrogens with zero attached hydrogens (tertiary/aromatic N) is 2. The van der Waals surface area contributed by atoms with Gasteiger partial charge in [0.25, 0.3) is 0 Å². The molecule has 12 rings (SSSR count). The van der Waals surface area contributed by atoms with Gasteiger partial charge in [0.15, 0.2) is 8.07 Å². The maximum absolute atomic E-state index is 2.76. The van der Waals surface area contributed by atoms with E-state index in [0.717, 1.165) is 11.4 Å². The molecule has 63 heavy (non-hydrogen) atoms. The zero-order valence-corrected chi connectivity index (χ0v) is 35.6. The van der Waals surface area contributed by atoms with Gasteiger partial charge >= 0.3 is 0 Å². The Morgan fingerprint density at radius 1 is 0.254 bits per heavy atom. The van der Waals surface area contributed by atoms with Gasteiger partial charge in [-0.1, -0.05) is 212 Å². The van der Waals surface area contributed by atoms with Crippen LogP contribution in [0.3, 0.4) is 0 Å². The summed E-state index contributed by atoms with van der Waals surface area (Å²) >= 11 is 0. The van der Waals surface area contributed by atoms with Crippen molar-refractivity contribution in [2.75, 3.05) is 0 Å². The minimum atomic E-state index is -2.76. The Kier molecular flexibility index (Phi) is 8.87. The van der Waals surface area contributed by atoms with Crippen LogP contribution in [0.15, 0.2) is 255 Å². The van der Waals surface area contributed by atoms with E-state index >= 15 is 0 Å². The summed E-state index contributed by atoms with van der Waals surface area (Å²) < 4.78 is 4.99. The molecule has 0 amide bonds. The molecule has 0 saturated carbocycles. The van der Waals surface area contributed by atoms with Crippen molar-refractivity contribution in [3.63, 3.8) is 0 Å². The SMILES string of the molecule is c1ccc(-c2cccc(-c3cccc(-n4c5ccccc5c5cccc(-n6c7ccccc7c7cc([Si](c8ccccc8)(c8ccccc8)c8ccccc8)ccc76)c54)c3)c2)cc1. The van der Waals surface area contributed by atoms with E-state index in [4.69, 9.17) is 0 Å². The molecule has 2 nitrogen and oxygen atoms in total. The first-order valence-corrected chi connectivity index (χ1v) is 23.8. The highest BCUT2D eigenvalue weighted by Gasteiger charge is 2.41. The molecular formula is C60H42N2Si. The normalized spacial score (nSPS) is 11.8. The van der Waals surface area contributed by atoms with Crippen molar-refractivity contribution in [1.29, 1.82) is 0 Å². The third-order valence-electron chi connectivity index (χ3n) is 13.0. The molecular weight excluding hydrogens is 777 g/mol. The van der Waals surface area contributed by atoms with Gasteiger partial charge in [0.05, 0.1) is 27.8 Å². The van der Waals surface area contributed by atoms with Crippen LogP contribution in [0.2, 0.25) is 0 Å². The largest absolute Gasteiger partial charge is 0.307 e. The number of hydrogen-bond acceptors (Lipinski definition) is 0. The van der Waals surface area contributed by atoms with Gasteiger partial charge in [-0.05, 0) is 85.5 Å². The Hall–Kier alpha value is -7.98. The Balaban J connectivity index is 1.11. The van der Waals surface area contributed by atoms with E-state index in [2.05, 4.69) is 264 Å². The van der Waals surface area contributed by atoms with Crippen molar-refractivity contribution in [1.82, 2.24) is 9.13 Å². The molecule has 12 aromatic rings. The summed E-state index contributed by atoms with van der Waals surface area (Å²) in [5.41, 5.74) is 11.8. The van der Waals surface area contributed by atoms with Crippen molar-refractivity contribution < 1.29 is 0 Å². The molecule has 2 aromatic heterocycles. The quantitative estimate of drug-likeness (QED) is 0.107. The third-order valence-corrected chi connectivity index (χ3v) is 17.8. The molecule has 0 unspecified atom stereocenters. The topological polar surface area (TPSA) is 9.86 Å². The molecule has 0 atom stereocenters. The van der Waals surface area contributed by atoms with Gasteiger partial charge in [-0.15, -0.1) is 0 Å². The number of fused-ring (bicyclic) bond motifs is 6. The van der Waals surface area contributed by atoms with Crippen LogP contribution in [0.4, 0.5) is 0 Å². The highest BCUT2D eigenvalue weighted by atomic mass is 28.3. The monoisotopic (exact) mass is 818 g/mol. The number of aromatic nitrogens is 2. The fraction of sp³-hybridized carbons (Fsp3) is 0. The lowest BCUT2D eigenvalue weighted by molar-refractivity contribution is 1.13. The first-order valence-electron chi connectivity index (χ1n) is 21.8. The van der Waals surface area contributed by atoms with E-state index in [1.54, 1.807) is 0 Å². The van der Waals surface area contributed by atoms with Crippen molar-refractivity contribution in [3.8, 4) is 33.6 Å². The molecule has 0 saturated heterocycles. The number of hydrogen-bond donors (Lipinski definition) is 0. The minimum absolute atomic E-state index is 1.13. The van der Waals surface area contributed by atoms with Gasteiger partial charge in [0.1, 0.15) is 0 Å². The Labute approximate surface area is 368 Å². The summed E-state index contributed by atoms with van der Waals surface area (Å²) in [4.78, 5) is 0. The van der Waals surface area contributed by atoms with Crippen molar-refractivity contribution in [3.05, 3.63) is 255 Å². The first-order chi connectivity index (χ1) is 31.3. The Morgan fingerprint density at radius 2 is 0.698 bits per heavy atom. The van der Waals surface area contributed by atoms with Gasteiger partial charge in [-0.2, -0.15) is 0 Å². The molecule has 296 valence electrons. The van der Waals surface area contributed by atoms with Crippen LogP contribution in [0, 0.1) is 0 Å². The first kappa shape index (κ1) is 36.8. The summed E-state index contributed by atoms with van der Waals surface area (Å²) in [5, 5.41) is 10.4. The molecule has 0 bridgehead atoms. The van der Waals surface area contributed by atoms with E-state index in [-0.39, 0.29) is 0 Å². The Morgan fingerprint density at radius 3 is 1.33 bits per heavy atom.